The first kappa shape index (κ1) is 47.3. The van der Waals surface area contributed by atoms with E-state index in [9.17, 15) is 34.1 Å². The molecule has 0 aliphatic carbocycles. The number of nitrogens with zero attached hydrogens (tertiary/aromatic N) is 2. The summed E-state index contributed by atoms with van der Waals surface area (Å²) in [6, 6.07) is 18.2. The molecule has 16 heteroatoms. The first-order valence-electron chi connectivity index (χ1n) is 21.7. The van der Waals surface area contributed by atoms with Crippen LogP contribution in [0.15, 0.2) is 85.1 Å². The van der Waals surface area contributed by atoms with Gasteiger partial charge in [0.1, 0.15) is 17.8 Å². The van der Waals surface area contributed by atoms with Gasteiger partial charge in [0.05, 0.1) is 12.1 Å². The van der Waals surface area contributed by atoms with Crippen molar-refractivity contribution in [3.8, 4) is 5.75 Å². The number of carbonyl (C=O) groups is 5. The van der Waals surface area contributed by atoms with Gasteiger partial charge in [0.2, 0.25) is 17.7 Å². The number of phenolic OH excluding ortho intramolecular Hbond substituents is 1. The van der Waals surface area contributed by atoms with E-state index in [0.29, 0.717) is 62.3 Å². The Balaban J connectivity index is 1.18. The first-order chi connectivity index (χ1) is 29.9. The number of nitrogens with two attached hydrogens (primary N) is 1. The number of unbranched alkanes of at least 4 members (excludes halogenated alkanes) is 1. The molecule has 62 heavy (non-hydrogen) atoms. The number of phenols is 1. The predicted molar refractivity (Wildman–Crippen MR) is 239 cm³/mol. The van der Waals surface area contributed by atoms with Crippen molar-refractivity contribution in [3.05, 3.63) is 113 Å². The van der Waals surface area contributed by atoms with E-state index in [-0.39, 0.29) is 35.3 Å². The van der Waals surface area contributed by atoms with Gasteiger partial charge in [-0.05, 0) is 125 Å². The van der Waals surface area contributed by atoms with Crippen molar-refractivity contribution >= 4 is 37.0 Å². The number of hydrogen-bond donors (Lipinski definition) is 8. The van der Waals surface area contributed by atoms with Gasteiger partial charge >= 0.3 is 7.48 Å². The third kappa shape index (κ3) is 13.6. The lowest BCUT2D eigenvalue weighted by Gasteiger charge is -2.26. The molecule has 331 valence electrons. The first-order valence-corrected chi connectivity index (χ1v) is 21.7. The molecule has 5 atom stereocenters. The zero-order chi connectivity index (χ0) is 44.6. The Morgan fingerprint density at radius 1 is 0.742 bits per heavy atom. The summed E-state index contributed by atoms with van der Waals surface area (Å²) < 4.78 is 0. The molecule has 0 saturated carbocycles. The molecule has 5 unspecified atom stereocenters. The number of carbonyl (C=O) groups excluding carboxylic acids is 5. The van der Waals surface area contributed by atoms with Crippen molar-refractivity contribution in [3.63, 3.8) is 0 Å². The quantitative estimate of drug-likeness (QED) is 0.0546. The summed E-state index contributed by atoms with van der Waals surface area (Å²) in [5, 5.41) is 34.9. The van der Waals surface area contributed by atoms with Gasteiger partial charge in [-0.25, -0.2) is 0 Å². The van der Waals surface area contributed by atoms with Crippen LogP contribution in [0.2, 0.25) is 0 Å². The van der Waals surface area contributed by atoms with Crippen LogP contribution in [-0.2, 0) is 33.9 Å². The summed E-state index contributed by atoms with van der Waals surface area (Å²) in [5.41, 5.74) is 9.81. The van der Waals surface area contributed by atoms with Crippen LogP contribution in [0.1, 0.15) is 96.2 Å². The van der Waals surface area contributed by atoms with Gasteiger partial charge in [-0.2, -0.15) is 0 Å². The van der Waals surface area contributed by atoms with E-state index in [1.165, 1.54) is 0 Å². The van der Waals surface area contributed by atoms with Crippen LogP contribution in [0, 0.1) is 0 Å². The van der Waals surface area contributed by atoms with Gasteiger partial charge in [-0.15, -0.1) is 0 Å². The van der Waals surface area contributed by atoms with Gasteiger partial charge in [-0.1, -0.05) is 43.0 Å². The summed E-state index contributed by atoms with van der Waals surface area (Å²) in [5.74, 6) is -1.52. The second-order valence-electron chi connectivity index (χ2n) is 16.2. The largest absolute Gasteiger partial charge is 0.508 e. The maximum absolute atomic E-state index is 14.1. The monoisotopic (exact) mass is 849 g/mol. The Morgan fingerprint density at radius 2 is 1.31 bits per heavy atom. The Bertz CT molecular complexity index is 1980. The van der Waals surface area contributed by atoms with Crippen LogP contribution in [0.4, 0.5) is 0 Å². The van der Waals surface area contributed by atoms with Crippen LogP contribution in [-0.4, -0.2) is 113 Å². The second kappa shape index (κ2) is 23.5. The minimum atomic E-state index is -0.770. The lowest BCUT2D eigenvalue weighted by atomic mass is 9.86. The van der Waals surface area contributed by atoms with Crippen molar-refractivity contribution < 1.29 is 34.1 Å². The van der Waals surface area contributed by atoms with Crippen LogP contribution < -0.4 is 32.3 Å². The normalized spacial score (nSPS) is 16.7. The molecule has 2 heterocycles. The fourth-order valence-corrected chi connectivity index (χ4v) is 7.72. The molecule has 0 bridgehead atoms. The highest BCUT2D eigenvalue weighted by Gasteiger charge is 2.32. The smallest absolute Gasteiger partial charge is 0.312 e. The van der Waals surface area contributed by atoms with Gasteiger partial charge in [0.15, 0.2) is 0 Å². The molecule has 1 radical (unpaired) electrons. The minimum Gasteiger partial charge on any atom is -0.508 e. The van der Waals surface area contributed by atoms with Crippen LogP contribution in [0.3, 0.4) is 0 Å². The van der Waals surface area contributed by atoms with Crippen molar-refractivity contribution in [2.45, 2.75) is 108 Å². The Morgan fingerprint density at radius 3 is 1.89 bits per heavy atom. The van der Waals surface area contributed by atoms with Crippen LogP contribution >= 0.6 is 0 Å². The zero-order valence-electron chi connectivity index (χ0n) is 35.9. The average Bonchev–Trinajstić information content (AvgIpc) is 4.00. The molecule has 3 aromatic rings. The van der Waals surface area contributed by atoms with Gasteiger partial charge < -0.3 is 52.2 Å². The number of nitrogens with one attached hydrogen (secondary N) is 5. The molecule has 3 aromatic carbocycles. The molecule has 2 aliphatic heterocycles. The van der Waals surface area contributed by atoms with E-state index in [0.717, 1.165) is 69.4 Å². The molecule has 5 amide bonds. The van der Waals surface area contributed by atoms with Gasteiger partial charge in [0, 0.05) is 55.5 Å². The minimum absolute atomic E-state index is 0.0728. The van der Waals surface area contributed by atoms with E-state index in [1.807, 2.05) is 12.1 Å². The summed E-state index contributed by atoms with van der Waals surface area (Å²) in [6.07, 6.45) is 5.88. The van der Waals surface area contributed by atoms with Crippen molar-refractivity contribution in [1.82, 2.24) is 36.4 Å². The third-order valence-corrected chi connectivity index (χ3v) is 11.5. The van der Waals surface area contributed by atoms with Crippen LogP contribution in [0.25, 0.3) is 0 Å². The van der Waals surface area contributed by atoms with E-state index < -0.39 is 30.1 Å². The van der Waals surface area contributed by atoms with Crippen molar-refractivity contribution in [2.75, 3.05) is 26.2 Å². The van der Waals surface area contributed by atoms with E-state index in [4.69, 9.17) is 5.73 Å². The Kier molecular flexibility index (Phi) is 17.9. The zero-order valence-corrected chi connectivity index (χ0v) is 35.9. The highest BCUT2D eigenvalue weighted by molar-refractivity contribution is 6.28. The maximum Gasteiger partial charge on any atom is 0.312 e. The number of likely N-dealkylation sites (tertiary alicyclic amines) is 2. The fraction of sp³-hybridized carbons (Fsp3) is 0.457. The summed E-state index contributed by atoms with van der Waals surface area (Å²) >= 11 is 0. The van der Waals surface area contributed by atoms with Gasteiger partial charge in [0.25, 0.3) is 11.8 Å². The lowest BCUT2D eigenvalue weighted by Crippen LogP contribution is -2.50. The molecule has 2 aliphatic rings. The average molecular weight is 850 g/mol. The summed E-state index contributed by atoms with van der Waals surface area (Å²) in [6.45, 7) is 10.8. The van der Waals surface area contributed by atoms with E-state index in [2.05, 4.69) is 33.2 Å². The summed E-state index contributed by atoms with van der Waals surface area (Å²) in [4.78, 5) is 69.1. The number of aromatic hydroxyl groups is 1. The van der Waals surface area contributed by atoms with Crippen molar-refractivity contribution in [2.24, 2.45) is 5.73 Å². The van der Waals surface area contributed by atoms with Gasteiger partial charge in [-0.3, -0.25) is 24.0 Å². The molecule has 5 rings (SSSR count). The molecule has 0 aromatic heterocycles. The molecule has 2 saturated heterocycles. The lowest BCUT2D eigenvalue weighted by molar-refractivity contribution is -0.132. The van der Waals surface area contributed by atoms with Crippen LogP contribution in [0.5, 0.6) is 5.75 Å². The summed E-state index contributed by atoms with van der Waals surface area (Å²) in [7, 11) is 1.03. The second-order valence-corrected chi connectivity index (χ2v) is 16.2. The fourth-order valence-electron chi connectivity index (χ4n) is 7.72. The Hall–Kier alpha value is -5.71. The standard InChI is InChI=1S/C46H62BN8O7/c1-30(49-28-34-11-17-36(18-12-34)42(57)51-31(2)45(60)54-24-6-7-25-54)39(9-4-5-23-48)53-44(59)40(27-33-15-21-38(56)22-16-33)50-29-35-13-19-37(20-14-35)43(58)52-32(3)46(61)55-26-8-10-41(55)47-62/h11-22,31-32,39-41,49-50,56,62H,1,4-10,23-29,48H2,2-3H3,(H,51,57)(H,52,58)(H,53,59). The molecule has 15 nitrogen and oxygen atoms in total. The number of rotatable bonds is 22. The highest BCUT2D eigenvalue weighted by Crippen LogP contribution is 2.18. The van der Waals surface area contributed by atoms with E-state index in [1.54, 1.807) is 84.3 Å². The molecule has 0 spiro atoms. The number of hydrogen-bond acceptors (Lipinski definition) is 10. The SMILES string of the molecule is C=C(NCc1ccc(C(=O)NC(C)C(=O)N2CCCC2)cc1)C(CCCCN)NC(=O)C(Cc1ccc(O)cc1)NCc1ccc(C(=O)NC(C)C(=O)N2CCCC2[B]O)cc1. The van der Waals surface area contributed by atoms with Crippen molar-refractivity contribution in [1.29, 1.82) is 0 Å². The molecular weight excluding hydrogens is 787 g/mol. The molecule has 2 fully saturated rings. The number of benzene rings is 3. The molecular formula is C46H62BN8O7. The third-order valence-electron chi connectivity index (χ3n) is 11.5. The topological polar surface area (TPSA) is 218 Å². The predicted octanol–water partition coefficient (Wildman–Crippen LogP) is 2.43. The maximum atomic E-state index is 14.1. The van der Waals surface area contributed by atoms with E-state index >= 15 is 0 Å². The Labute approximate surface area is 365 Å². The number of amides is 5. The highest BCUT2D eigenvalue weighted by atomic mass is 16.3. The molecule has 9 N–H and O–H groups in total.